The number of fused-ring (bicyclic) bond motifs is 2. The van der Waals surface area contributed by atoms with E-state index in [2.05, 4.69) is 0 Å². The van der Waals surface area contributed by atoms with Crippen LogP contribution in [0.3, 0.4) is 0 Å². The summed E-state index contributed by atoms with van der Waals surface area (Å²) in [4.78, 5) is 24.7. The molecule has 2 aliphatic carbocycles. The summed E-state index contributed by atoms with van der Waals surface area (Å²) in [6.07, 6.45) is 1.67. The van der Waals surface area contributed by atoms with Gasteiger partial charge in [0.1, 0.15) is 11.6 Å². The van der Waals surface area contributed by atoms with Gasteiger partial charge in [0.15, 0.2) is 0 Å². The predicted octanol–water partition coefficient (Wildman–Crippen LogP) is 3.19. The zero-order chi connectivity index (χ0) is 14.4. The highest BCUT2D eigenvalue weighted by molar-refractivity contribution is 5.96. The summed E-state index contributed by atoms with van der Waals surface area (Å²) < 4.78 is 0. The molecule has 0 amide bonds. The Kier molecular flexibility index (Phi) is 2.78. The lowest BCUT2D eigenvalue weighted by Gasteiger charge is -2.16. The van der Waals surface area contributed by atoms with Crippen molar-refractivity contribution in [2.45, 2.75) is 31.1 Å². The molecule has 2 heteroatoms. The summed E-state index contributed by atoms with van der Waals surface area (Å²) in [5, 5.41) is 0. The van der Waals surface area contributed by atoms with Crippen LogP contribution in [0.5, 0.6) is 0 Å². The highest BCUT2D eigenvalue weighted by Crippen LogP contribution is 2.41. The molecule has 0 aliphatic heterocycles. The average molecular weight is 276 g/mol. The van der Waals surface area contributed by atoms with Crippen molar-refractivity contribution in [1.82, 2.24) is 0 Å². The summed E-state index contributed by atoms with van der Waals surface area (Å²) in [6.45, 7) is 0. The Bertz CT molecular complexity index is 681. The Morgan fingerprint density at radius 2 is 1.14 bits per heavy atom. The number of ketones is 2. The molecule has 0 saturated heterocycles. The number of carbonyl (C=O) groups excluding carboxylic acids is 2. The van der Waals surface area contributed by atoms with Crippen molar-refractivity contribution < 1.29 is 9.59 Å². The highest BCUT2D eigenvalue weighted by atomic mass is 16.1. The minimum absolute atomic E-state index is 0.110. The fourth-order valence-corrected chi connectivity index (χ4v) is 3.79. The molecule has 2 aromatic carbocycles. The van der Waals surface area contributed by atoms with Crippen LogP contribution in [0.4, 0.5) is 0 Å². The van der Waals surface area contributed by atoms with Crippen molar-refractivity contribution in [3.8, 4) is 0 Å². The first-order chi connectivity index (χ1) is 10.2. The molecule has 0 saturated carbocycles. The second-order valence-corrected chi connectivity index (χ2v) is 6.02. The molecule has 2 aliphatic rings. The van der Waals surface area contributed by atoms with Crippen LogP contribution in [0.2, 0.25) is 0 Å². The zero-order valence-electron chi connectivity index (χ0n) is 11.7. The molecule has 104 valence electrons. The molecule has 21 heavy (non-hydrogen) atoms. The van der Waals surface area contributed by atoms with Gasteiger partial charge >= 0.3 is 0 Å². The molecule has 0 spiro atoms. The Morgan fingerprint density at radius 1 is 0.714 bits per heavy atom. The Balaban J connectivity index is 1.68. The number of benzene rings is 2. The van der Waals surface area contributed by atoms with E-state index in [0.717, 1.165) is 22.3 Å². The topological polar surface area (TPSA) is 34.1 Å². The molecular weight excluding hydrogens is 260 g/mol. The molecule has 2 nitrogen and oxygen atoms in total. The Labute approximate surface area is 123 Å². The third-order valence-electron chi connectivity index (χ3n) is 4.84. The van der Waals surface area contributed by atoms with Gasteiger partial charge in [-0.05, 0) is 28.7 Å². The van der Waals surface area contributed by atoms with E-state index >= 15 is 0 Å². The van der Waals surface area contributed by atoms with Crippen molar-refractivity contribution >= 4 is 11.6 Å². The van der Waals surface area contributed by atoms with Crippen LogP contribution in [0.1, 0.15) is 40.5 Å². The predicted molar refractivity (Wildman–Crippen MR) is 80.4 cm³/mol. The van der Waals surface area contributed by atoms with Gasteiger partial charge in [0, 0.05) is 24.7 Å². The first-order valence-electron chi connectivity index (χ1n) is 7.45. The first-order valence-corrected chi connectivity index (χ1v) is 7.45. The van der Waals surface area contributed by atoms with Gasteiger partial charge in [-0.1, -0.05) is 48.5 Å². The summed E-state index contributed by atoms with van der Waals surface area (Å²) in [5.74, 6) is 0.296. The molecule has 4 rings (SSSR count). The van der Waals surface area contributed by atoms with E-state index < -0.39 is 0 Å². The van der Waals surface area contributed by atoms with Gasteiger partial charge in [-0.2, -0.15) is 0 Å². The monoisotopic (exact) mass is 276 g/mol. The SMILES string of the molecule is O=C1Cc2ccccc2C1CC1C(=O)Cc2ccccc21. The summed E-state index contributed by atoms with van der Waals surface area (Å²) in [6, 6.07) is 16.0. The third-order valence-corrected chi connectivity index (χ3v) is 4.84. The lowest BCUT2D eigenvalue weighted by Crippen LogP contribution is -2.14. The molecule has 0 heterocycles. The molecule has 0 N–H and O–H groups in total. The van der Waals surface area contributed by atoms with Crippen LogP contribution in [0.25, 0.3) is 0 Å². The number of hydrogen-bond donors (Lipinski definition) is 0. The van der Waals surface area contributed by atoms with E-state index in [4.69, 9.17) is 0 Å². The zero-order valence-corrected chi connectivity index (χ0v) is 11.7. The third kappa shape index (κ3) is 1.94. The van der Waals surface area contributed by atoms with E-state index in [1.54, 1.807) is 0 Å². The largest absolute Gasteiger partial charge is 0.299 e. The van der Waals surface area contributed by atoms with Crippen LogP contribution in [0.15, 0.2) is 48.5 Å². The standard InChI is InChI=1S/C19H16O2/c20-18-9-12-5-1-3-7-14(12)16(18)11-17-15-8-4-2-6-13(15)10-19(17)21/h1-8,16-17H,9-11H2. The average Bonchev–Trinajstić information content (AvgIpc) is 2.97. The van der Waals surface area contributed by atoms with E-state index in [0.29, 0.717) is 19.3 Å². The maximum atomic E-state index is 12.3. The van der Waals surface area contributed by atoms with Gasteiger partial charge in [0.05, 0.1) is 0 Å². The van der Waals surface area contributed by atoms with Crippen molar-refractivity contribution in [2.75, 3.05) is 0 Å². The van der Waals surface area contributed by atoms with Gasteiger partial charge < -0.3 is 0 Å². The van der Waals surface area contributed by atoms with Crippen LogP contribution < -0.4 is 0 Å². The molecule has 2 aromatic rings. The minimum atomic E-state index is -0.110. The summed E-state index contributed by atoms with van der Waals surface area (Å²) in [7, 11) is 0. The van der Waals surface area contributed by atoms with Crippen LogP contribution in [-0.4, -0.2) is 11.6 Å². The number of hydrogen-bond acceptors (Lipinski definition) is 2. The molecule has 2 atom stereocenters. The van der Waals surface area contributed by atoms with Gasteiger partial charge in [0.25, 0.3) is 0 Å². The van der Waals surface area contributed by atoms with E-state index in [1.807, 2.05) is 48.5 Å². The summed E-state index contributed by atoms with van der Waals surface area (Å²) >= 11 is 0. The molecule has 0 radical (unpaired) electrons. The number of Topliss-reactive ketones (excluding diaryl/α,β-unsaturated/α-hetero) is 2. The molecule has 0 bridgehead atoms. The van der Waals surface area contributed by atoms with Crippen LogP contribution in [0, 0.1) is 0 Å². The number of carbonyl (C=O) groups is 2. The van der Waals surface area contributed by atoms with Crippen molar-refractivity contribution in [1.29, 1.82) is 0 Å². The second-order valence-electron chi connectivity index (χ2n) is 6.02. The van der Waals surface area contributed by atoms with Crippen molar-refractivity contribution in [3.63, 3.8) is 0 Å². The van der Waals surface area contributed by atoms with Gasteiger partial charge in [-0.15, -0.1) is 0 Å². The quantitative estimate of drug-likeness (QED) is 0.844. The Hall–Kier alpha value is -2.22. The molecular formula is C19H16O2. The van der Waals surface area contributed by atoms with Crippen molar-refractivity contribution in [2.24, 2.45) is 0 Å². The number of rotatable bonds is 2. The Morgan fingerprint density at radius 3 is 1.62 bits per heavy atom. The highest BCUT2D eigenvalue weighted by Gasteiger charge is 2.37. The maximum Gasteiger partial charge on any atom is 0.144 e. The summed E-state index contributed by atoms with van der Waals surface area (Å²) in [5.41, 5.74) is 4.51. The van der Waals surface area contributed by atoms with Crippen LogP contribution >= 0.6 is 0 Å². The normalized spacial score (nSPS) is 23.2. The fourth-order valence-electron chi connectivity index (χ4n) is 3.79. The fraction of sp³-hybridized carbons (Fsp3) is 0.263. The smallest absolute Gasteiger partial charge is 0.144 e. The lowest BCUT2D eigenvalue weighted by atomic mass is 9.86. The van der Waals surface area contributed by atoms with Gasteiger partial charge in [-0.25, -0.2) is 0 Å². The van der Waals surface area contributed by atoms with Gasteiger partial charge in [0.2, 0.25) is 0 Å². The minimum Gasteiger partial charge on any atom is -0.299 e. The van der Waals surface area contributed by atoms with E-state index in [1.165, 1.54) is 0 Å². The second kappa shape index (κ2) is 4.66. The lowest BCUT2D eigenvalue weighted by molar-refractivity contribution is -0.120. The van der Waals surface area contributed by atoms with E-state index in [-0.39, 0.29) is 23.4 Å². The maximum absolute atomic E-state index is 12.3. The molecule has 2 unspecified atom stereocenters. The van der Waals surface area contributed by atoms with Crippen LogP contribution in [-0.2, 0) is 22.4 Å². The van der Waals surface area contributed by atoms with Crippen molar-refractivity contribution in [3.05, 3.63) is 70.8 Å². The van der Waals surface area contributed by atoms with E-state index in [9.17, 15) is 9.59 Å². The van der Waals surface area contributed by atoms with Gasteiger partial charge in [-0.3, -0.25) is 9.59 Å². The molecule has 0 fully saturated rings. The molecule has 0 aromatic heterocycles. The first kappa shape index (κ1) is 12.5.